The van der Waals surface area contributed by atoms with Gasteiger partial charge in [-0.3, -0.25) is 0 Å². The quantitative estimate of drug-likeness (QED) is 0.514. The number of aryl methyl sites for hydroxylation is 2. The molecule has 0 amide bonds. The minimum atomic E-state index is 0.528. The van der Waals surface area contributed by atoms with Crippen molar-refractivity contribution in [1.29, 1.82) is 0 Å². The first-order valence-electron chi connectivity index (χ1n) is 10.9. The number of anilines is 2. The van der Waals surface area contributed by atoms with Gasteiger partial charge in [0.25, 0.3) is 0 Å². The van der Waals surface area contributed by atoms with E-state index in [1.807, 2.05) is 10.7 Å². The van der Waals surface area contributed by atoms with Crippen LogP contribution in [0, 0.1) is 13.8 Å². The van der Waals surface area contributed by atoms with Crippen LogP contribution in [-0.4, -0.2) is 55.9 Å². The Bertz CT molecular complexity index is 1230. The fourth-order valence-corrected chi connectivity index (χ4v) is 4.15. The molecule has 1 saturated carbocycles. The van der Waals surface area contributed by atoms with Crippen molar-refractivity contribution in [3.8, 4) is 0 Å². The number of nitrogens with one attached hydrogen (secondary N) is 2. The molecular weight excluding hydrogens is 392 g/mol. The SMILES string of the molecule is Cc1cc2nc(CNc3nc(N4CCOCC4)nc4c(C5CC5)cnn34)[nH]c2cc1C. The van der Waals surface area contributed by atoms with Gasteiger partial charge in [-0.15, -0.1) is 0 Å². The van der Waals surface area contributed by atoms with Gasteiger partial charge < -0.3 is 19.9 Å². The number of hydrogen-bond acceptors (Lipinski definition) is 7. The van der Waals surface area contributed by atoms with Gasteiger partial charge >= 0.3 is 0 Å². The summed E-state index contributed by atoms with van der Waals surface area (Å²) >= 11 is 0. The van der Waals surface area contributed by atoms with E-state index in [-0.39, 0.29) is 0 Å². The molecule has 4 heterocycles. The van der Waals surface area contributed by atoms with Crippen molar-refractivity contribution in [2.24, 2.45) is 0 Å². The molecule has 1 aliphatic heterocycles. The third-order valence-electron chi connectivity index (χ3n) is 6.25. The number of nitrogens with zero attached hydrogens (tertiary/aromatic N) is 6. The first-order valence-corrected chi connectivity index (χ1v) is 10.9. The Morgan fingerprint density at radius 1 is 1.10 bits per heavy atom. The summed E-state index contributed by atoms with van der Waals surface area (Å²) in [6, 6.07) is 4.27. The number of H-pyrrole nitrogens is 1. The molecule has 31 heavy (non-hydrogen) atoms. The molecular formula is C22H26N8O. The van der Waals surface area contributed by atoms with Gasteiger partial charge in [-0.2, -0.15) is 19.6 Å². The van der Waals surface area contributed by atoms with E-state index >= 15 is 0 Å². The number of morpholine rings is 1. The summed E-state index contributed by atoms with van der Waals surface area (Å²) in [5, 5.41) is 8.04. The van der Waals surface area contributed by atoms with Gasteiger partial charge in [-0.05, 0) is 55.9 Å². The molecule has 160 valence electrons. The van der Waals surface area contributed by atoms with Crippen molar-refractivity contribution >= 4 is 28.6 Å². The van der Waals surface area contributed by atoms with Crippen LogP contribution >= 0.6 is 0 Å². The zero-order valence-electron chi connectivity index (χ0n) is 17.9. The highest BCUT2D eigenvalue weighted by molar-refractivity contribution is 5.77. The molecule has 9 heteroatoms. The van der Waals surface area contributed by atoms with Crippen molar-refractivity contribution in [3.05, 3.63) is 40.8 Å². The minimum absolute atomic E-state index is 0.528. The largest absolute Gasteiger partial charge is 0.378 e. The lowest BCUT2D eigenvalue weighted by Crippen LogP contribution is -2.37. The summed E-state index contributed by atoms with van der Waals surface area (Å²) in [7, 11) is 0. The average Bonchev–Trinajstić information content (AvgIpc) is 3.42. The van der Waals surface area contributed by atoms with Crippen LogP contribution in [-0.2, 0) is 11.3 Å². The molecule has 4 aromatic rings. The number of imidazole rings is 1. The molecule has 1 aliphatic carbocycles. The minimum Gasteiger partial charge on any atom is -0.378 e. The maximum atomic E-state index is 5.50. The predicted octanol–water partition coefficient (Wildman–Crippen LogP) is 2.94. The number of aromatic amines is 1. The molecule has 1 saturated heterocycles. The highest BCUT2D eigenvalue weighted by Gasteiger charge is 2.29. The fourth-order valence-electron chi connectivity index (χ4n) is 4.15. The first-order chi connectivity index (χ1) is 15.2. The summed E-state index contributed by atoms with van der Waals surface area (Å²) in [5.74, 6) is 2.86. The van der Waals surface area contributed by atoms with Crippen molar-refractivity contribution in [2.45, 2.75) is 39.2 Å². The van der Waals surface area contributed by atoms with E-state index in [9.17, 15) is 0 Å². The lowest BCUT2D eigenvalue weighted by molar-refractivity contribution is 0.122. The van der Waals surface area contributed by atoms with Gasteiger partial charge in [0.2, 0.25) is 11.9 Å². The highest BCUT2D eigenvalue weighted by Crippen LogP contribution is 2.42. The maximum Gasteiger partial charge on any atom is 0.230 e. The van der Waals surface area contributed by atoms with Crippen LogP contribution in [0.2, 0.25) is 0 Å². The third-order valence-corrected chi connectivity index (χ3v) is 6.25. The second-order valence-electron chi connectivity index (χ2n) is 8.55. The number of aromatic nitrogens is 6. The van der Waals surface area contributed by atoms with Crippen molar-refractivity contribution in [1.82, 2.24) is 29.5 Å². The molecule has 9 nitrogen and oxygen atoms in total. The lowest BCUT2D eigenvalue weighted by Gasteiger charge is -2.27. The summed E-state index contributed by atoms with van der Waals surface area (Å²) < 4.78 is 7.33. The van der Waals surface area contributed by atoms with E-state index in [4.69, 9.17) is 19.7 Å². The smallest absolute Gasteiger partial charge is 0.230 e. The number of hydrogen-bond donors (Lipinski definition) is 2. The van der Waals surface area contributed by atoms with Crippen molar-refractivity contribution in [3.63, 3.8) is 0 Å². The highest BCUT2D eigenvalue weighted by atomic mass is 16.5. The van der Waals surface area contributed by atoms with Gasteiger partial charge in [0.15, 0.2) is 5.65 Å². The van der Waals surface area contributed by atoms with Crippen LogP contribution < -0.4 is 10.2 Å². The predicted molar refractivity (Wildman–Crippen MR) is 119 cm³/mol. The summed E-state index contributed by atoms with van der Waals surface area (Å²) in [4.78, 5) is 20.1. The average molecular weight is 419 g/mol. The topological polar surface area (TPSA) is 96.3 Å². The number of ether oxygens (including phenoxy) is 1. The Morgan fingerprint density at radius 2 is 1.90 bits per heavy atom. The second kappa shape index (κ2) is 7.19. The number of fused-ring (bicyclic) bond motifs is 2. The molecule has 3 aromatic heterocycles. The monoisotopic (exact) mass is 418 g/mol. The van der Waals surface area contributed by atoms with E-state index in [1.54, 1.807) is 0 Å². The Balaban J connectivity index is 1.34. The molecule has 0 bridgehead atoms. The van der Waals surface area contributed by atoms with E-state index in [1.165, 1.54) is 29.5 Å². The normalized spacial score (nSPS) is 17.0. The number of rotatable bonds is 5. The van der Waals surface area contributed by atoms with Crippen LogP contribution in [0.15, 0.2) is 18.3 Å². The zero-order chi connectivity index (χ0) is 20.9. The van der Waals surface area contributed by atoms with Crippen molar-refractivity contribution in [2.75, 3.05) is 36.5 Å². The van der Waals surface area contributed by atoms with Crippen LogP contribution in [0.1, 0.15) is 41.3 Å². The first kappa shape index (κ1) is 18.6. The van der Waals surface area contributed by atoms with Gasteiger partial charge in [0, 0.05) is 18.7 Å². The molecule has 0 unspecified atom stereocenters. The zero-order valence-corrected chi connectivity index (χ0v) is 17.9. The van der Waals surface area contributed by atoms with Gasteiger partial charge in [0.05, 0.1) is 37.0 Å². The molecule has 6 rings (SSSR count). The van der Waals surface area contributed by atoms with Crippen LogP contribution in [0.3, 0.4) is 0 Å². The van der Waals surface area contributed by atoms with E-state index < -0.39 is 0 Å². The summed E-state index contributed by atoms with van der Waals surface area (Å²) in [6.07, 6.45) is 4.36. The van der Waals surface area contributed by atoms with Gasteiger partial charge in [0.1, 0.15) is 5.82 Å². The van der Waals surface area contributed by atoms with E-state index in [0.29, 0.717) is 31.6 Å². The van der Waals surface area contributed by atoms with Gasteiger partial charge in [-0.1, -0.05) is 0 Å². The Hall–Kier alpha value is -3.20. The molecule has 1 aromatic carbocycles. The Morgan fingerprint density at radius 3 is 2.71 bits per heavy atom. The molecule has 2 N–H and O–H groups in total. The molecule has 2 fully saturated rings. The molecule has 0 atom stereocenters. The second-order valence-corrected chi connectivity index (χ2v) is 8.55. The fraction of sp³-hybridized carbons (Fsp3) is 0.455. The summed E-state index contributed by atoms with van der Waals surface area (Å²) in [5.41, 5.74) is 6.66. The molecule has 2 aliphatic rings. The lowest BCUT2D eigenvalue weighted by atomic mass is 10.1. The number of benzene rings is 1. The van der Waals surface area contributed by atoms with Crippen LogP contribution in [0.5, 0.6) is 0 Å². The molecule has 0 spiro atoms. The van der Waals surface area contributed by atoms with E-state index in [2.05, 4.69) is 46.3 Å². The van der Waals surface area contributed by atoms with Crippen molar-refractivity contribution < 1.29 is 4.74 Å². The maximum absolute atomic E-state index is 5.50. The van der Waals surface area contributed by atoms with Crippen LogP contribution in [0.4, 0.5) is 11.9 Å². The van der Waals surface area contributed by atoms with Crippen LogP contribution in [0.25, 0.3) is 16.7 Å². The molecule has 0 radical (unpaired) electrons. The van der Waals surface area contributed by atoms with Gasteiger partial charge in [-0.25, -0.2) is 4.98 Å². The Kier molecular flexibility index (Phi) is 4.31. The van der Waals surface area contributed by atoms with E-state index in [0.717, 1.165) is 41.5 Å². The summed E-state index contributed by atoms with van der Waals surface area (Å²) in [6.45, 7) is 7.75. The third kappa shape index (κ3) is 3.38. The Labute approximate surface area is 179 Å². The standard InChI is InChI=1S/C22H26N8O/c1-13-9-17-18(10-14(13)2)26-19(25-17)12-23-21-28-22(29-5-7-31-8-6-29)27-20-16(15-3-4-15)11-24-30(20)21/h9-11,15H,3-8,12H2,1-2H3,(H,25,26)(H,23,27,28).